The van der Waals surface area contributed by atoms with Crippen LogP contribution in [0, 0.1) is 0 Å². The number of carbonyl (C=O) groups excluding carboxylic acids is 1. The minimum atomic E-state index is -4.38. The second kappa shape index (κ2) is 4.90. The molecule has 1 aromatic rings. The minimum absolute atomic E-state index is 0. The van der Waals surface area contributed by atoms with Crippen molar-refractivity contribution in [2.24, 2.45) is 0 Å². The molecule has 0 aliphatic heterocycles. The standard InChI is InChI=1S/C7H7NO4S.Na.H/c8-6-2-1-5(4-9)7(3-6)13(10,11)12;;/h1-4H,8H2,(H,10,11,12);;/q;+1;-1. The van der Waals surface area contributed by atoms with Crippen molar-refractivity contribution in [3.05, 3.63) is 23.8 Å². The molecule has 1 rings (SSSR count). The van der Waals surface area contributed by atoms with Crippen LogP contribution in [0.1, 0.15) is 11.8 Å². The Balaban J connectivity index is 0. The third-order valence-electron chi connectivity index (χ3n) is 1.44. The molecule has 3 N–H and O–H groups in total. The van der Waals surface area contributed by atoms with Gasteiger partial charge >= 0.3 is 29.6 Å². The van der Waals surface area contributed by atoms with Crippen LogP contribution < -0.4 is 35.3 Å². The van der Waals surface area contributed by atoms with E-state index < -0.39 is 15.0 Å². The molecule has 0 saturated heterocycles. The van der Waals surface area contributed by atoms with E-state index in [4.69, 9.17) is 10.3 Å². The summed E-state index contributed by atoms with van der Waals surface area (Å²) in [4.78, 5) is 9.90. The number of benzene rings is 1. The quantitative estimate of drug-likeness (QED) is 0.250. The maximum absolute atomic E-state index is 10.7. The van der Waals surface area contributed by atoms with Crippen LogP contribution in [-0.4, -0.2) is 19.3 Å². The van der Waals surface area contributed by atoms with E-state index in [1.807, 2.05) is 0 Å². The zero-order chi connectivity index (χ0) is 10.1. The molecule has 0 aromatic heterocycles. The zero-order valence-electron chi connectivity index (χ0n) is 8.47. The Kier molecular flexibility index (Phi) is 4.76. The monoisotopic (exact) mass is 225 g/mol. The third kappa shape index (κ3) is 3.07. The van der Waals surface area contributed by atoms with Crippen molar-refractivity contribution < 1.29 is 48.7 Å². The fourth-order valence-corrected chi connectivity index (χ4v) is 1.57. The normalized spacial score (nSPS) is 10.4. The molecule has 1 aromatic carbocycles. The molecule has 14 heavy (non-hydrogen) atoms. The second-order valence-electron chi connectivity index (χ2n) is 2.39. The fourth-order valence-electron chi connectivity index (χ4n) is 0.872. The molecule has 0 amide bonds. The number of hydrogen-bond acceptors (Lipinski definition) is 4. The van der Waals surface area contributed by atoms with Crippen LogP contribution in [0.4, 0.5) is 5.69 Å². The Labute approximate surface area is 105 Å². The summed E-state index contributed by atoms with van der Waals surface area (Å²) in [7, 11) is -4.38. The topological polar surface area (TPSA) is 97.5 Å². The van der Waals surface area contributed by atoms with E-state index in [1.165, 1.54) is 12.1 Å². The summed E-state index contributed by atoms with van der Waals surface area (Å²) in [5, 5.41) is 0. The van der Waals surface area contributed by atoms with Gasteiger partial charge in [0.25, 0.3) is 10.1 Å². The van der Waals surface area contributed by atoms with Crippen LogP contribution >= 0.6 is 0 Å². The van der Waals surface area contributed by atoms with Crippen LogP contribution in [0.3, 0.4) is 0 Å². The van der Waals surface area contributed by atoms with E-state index in [0.29, 0.717) is 6.29 Å². The Morgan fingerprint density at radius 1 is 1.43 bits per heavy atom. The maximum atomic E-state index is 10.7. The van der Waals surface area contributed by atoms with Gasteiger partial charge in [-0.2, -0.15) is 8.42 Å². The van der Waals surface area contributed by atoms with Crippen molar-refractivity contribution in [1.29, 1.82) is 0 Å². The molecule has 0 fully saturated rings. The molecule has 0 heterocycles. The average Bonchev–Trinajstić information content (AvgIpc) is 2.03. The summed E-state index contributed by atoms with van der Waals surface area (Å²) in [6.45, 7) is 0. The van der Waals surface area contributed by atoms with Crippen LogP contribution in [0.2, 0.25) is 0 Å². The average molecular weight is 225 g/mol. The molecule has 7 heteroatoms. The molecule has 72 valence electrons. The Hall–Kier alpha value is -0.400. The number of nitrogen functional groups attached to an aromatic ring is 1. The molecular formula is C7H8NNaO4S. The molecule has 0 aliphatic carbocycles. The summed E-state index contributed by atoms with van der Waals surface area (Å²) < 4.78 is 30.1. The van der Waals surface area contributed by atoms with Crippen LogP contribution in [0.15, 0.2) is 23.1 Å². The zero-order valence-corrected chi connectivity index (χ0v) is 10.3. The summed E-state index contributed by atoms with van der Waals surface area (Å²) >= 11 is 0. The van der Waals surface area contributed by atoms with Crippen molar-refractivity contribution in [1.82, 2.24) is 0 Å². The first-order valence-corrected chi connectivity index (χ1v) is 4.71. The van der Waals surface area contributed by atoms with E-state index in [1.54, 1.807) is 0 Å². The van der Waals surface area contributed by atoms with E-state index in [2.05, 4.69) is 0 Å². The van der Waals surface area contributed by atoms with E-state index in [9.17, 15) is 13.2 Å². The van der Waals surface area contributed by atoms with Gasteiger partial charge in [0.1, 0.15) is 4.90 Å². The number of nitrogens with two attached hydrogens (primary N) is 1. The second-order valence-corrected chi connectivity index (χ2v) is 3.78. The number of rotatable bonds is 2. The SMILES string of the molecule is Nc1ccc(C=O)c(S(=O)(=O)O)c1.[H-].[Na+]. The van der Waals surface area contributed by atoms with Gasteiger partial charge in [-0.1, -0.05) is 0 Å². The molecule has 5 nitrogen and oxygen atoms in total. The Morgan fingerprint density at radius 2 is 2.00 bits per heavy atom. The molecule has 0 radical (unpaired) electrons. The maximum Gasteiger partial charge on any atom is 1.00 e. The summed E-state index contributed by atoms with van der Waals surface area (Å²) in [5.74, 6) is 0. The molecule has 0 unspecified atom stereocenters. The molecule has 0 aliphatic rings. The van der Waals surface area contributed by atoms with E-state index >= 15 is 0 Å². The van der Waals surface area contributed by atoms with Gasteiger partial charge in [0.05, 0.1) is 0 Å². The summed E-state index contributed by atoms with van der Waals surface area (Å²) in [6.07, 6.45) is 0.336. The van der Waals surface area contributed by atoms with Crippen LogP contribution in [-0.2, 0) is 10.1 Å². The van der Waals surface area contributed by atoms with Gasteiger partial charge in [-0.15, -0.1) is 0 Å². The Morgan fingerprint density at radius 3 is 2.43 bits per heavy atom. The number of hydrogen-bond donors (Lipinski definition) is 2. The van der Waals surface area contributed by atoms with Crippen LogP contribution in [0.5, 0.6) is 0 Å². The van der Waals surface area contributed by atoms with E-state index in [0.717, 1.165) is 6.07 Å². The number of anilines is 1. The number of carbonyl (C=O) groups is 1. The first kappa shape index (κ1) is 13.6. The van der Waals surface area contributed by atoms with Gasteiger partial charge in [-0.05, 0) is 18.2 Å². The number of aldehydes is 1. The van der Waals surface area contributed by atoms with Gasteiger partial charge in [0.15, 0.2) is 6.29 Å². The molecule has 0 bridgehead atoms. The first-order chi connectivity index (χ1) is 5.95. The van der Waals surface area contributed by atoms with Crippen LogP contribution in [0.25, 0.3) is 0 Å². The van der Waals surface area contributed by atoms with Crippen molar-refractivity contribution in [2.75, 3.05) is 5.73 Å². The third-order valence-corrected chi connectivity index (χ3v) is 2.35. The molecule has 0 atom stereocenters. The van der Waals surface area contributed by atoms with Gasteiger partial charge in [0, 0.05) is 11.3 Å². The van der Waals surface area contributed by atoms with Gasteiger partial charge in [-0.3, -0.25) is 9.35 Å². The minimum Gasteiger partial charge on any atom is -1.00 e. The smallest absolute Gasteiger partial charge is 1.00 e. The summed E-state index contributed by atoms with van der Waals surface area (Å²) in [5.41, 5.74) is 5.34. The van der Waals surface area contributed by atoms with Gasteiger partial charge in [-0.25, -0.2) is 0 Å². The van der Waals surface area contributed by atoms with Gasteiger partial charge < -0.3 is 7.16 Å². The van der Waals surface area contributed by atoms with Crippen molar-refractivity contribution in [2.45, 2.75) is 4.90 Å². The molecule has 0 spiro atoms. The largest absolute Gasteiger partial charge is 1.00 e. The molecule has 0 saturated carbocycles. The summed E-state index contributed by atoms with van der Waals surface area (Å²) in [6, 6.07) is 3.63. The predicted molar refractivity (Wildman–Crippen MR) is 47.2 cm³/mol. The van der Waals surface area contributed by atoms with Crippen molar-refractivity contribution in [3.63, 3.8) is 0 Å². The van der Waals surface area contributed by atoms with E-state index in [-0.39, 0.29) is 42.2 Å². The first-order valence-electron chi connectivity index (χ1n) is 3.27. The van der Waals surface area contributed by atoms with Crippen molar-refractivity contribution in [3.8, 4) is 0 Å². The van der Waals surface area contributed by atoms with Gasteiger partial charge in [0.2, 0.25) is 0 Å². The predicted octanol–water partition coefficient (Wildman–Crippen LogP) is -2.56. The molecular weight excluding hydrogens is 217 g/mol. The fraction of sp³-hybridized carbons (Fsp3) is 0. The van der Waals surface area contributed by atoms with Crippen molar-refractivity contribution >= 4 is 22.1 Å². The Bertz CT molecular complexity index is 448.